The molecule has 0 saturated heterocycles. The third-order valence-electron chi connectivity index (χ3n) is 2.22. The van der Waals surface area contributed by atoms with Crippen molar-refractivity contribution >= 4 is 46.0 Å². The monoisotopic (exact) mass is 381 g/mol. The number of thioether (sulfide) groups is 1. The molecule has 7 heteroatoms. The minimum atomic E-state index is -0.423. The molecule has 1 aromatic carbocycles. The van der Waals surface area contributed by atoms with Crippen molar-refractivity contribution in [3.63, 3.8) is 0 Å². The van der Waals surface area contributed by atoms with Crippen LogP contribution in [-0.4, -0.2) is 23.8 Å². The van der Waals surface area contributed by atoms with Crippen LogP contribution in [0.5, 0.6) is 0 Å². The second-order valence-electron chi connectivity index (χ2n) is 3.61. The van der Waals surface area contributed by atoms with Gasteiger partial charge >= 0.3 is 5.97 Å². The van der Waals surface area contributed by atoms with Crippen LogP contribution in [0.4, 0.5) is 5.69 Å². The van der Waals surface area contributed by atoms with Crippen LogP contribution in [0.2, 0.25) is 0 Å². The minimum absolute atomic E-state index is 0.0739. The average Bonchev–Trinajstić information content (AvgIpc) is 2.35. The van der Waals surface area contributed by atoms with E-state index >= 15 is 0 Å². The average molecular weight is 381 g/mol. The Hall–Kier alpha value is -0.830. The van der Waals surface area contributed by atoms with Crippen LogP contribution in [0.15, 0.2) is 23.1 Å². The van der Waals surface area contributed by atoms with E-state index in [2.05, 4.69) is 27.3 Å². The highest BCUT2D eigenvalue weighted by Gasteiger charge is 2.15. The first kappa shape index (κ1) is 15.2. The Morgan fingerprint density at radius 2 is 2.28 bits per heavy atom. The predicted molar refractivity (Wildman–Crippen MR) is 77.7 cm³/mol. The zero-order valence-electron chi connectivity index (χ0n) is 9.88. The molecule has 0 aliphatic heterocycles. The van der Waals surface area contributed by atoms with Gasteiger partial charge in [0.2, 0.25) is 0 Å². The smallest absolute Gasteiger partial charge is 0.309 e. The summed E-state index contributed by atoms with van der Waals surface area (Å²) in [6.07, 6.45) is 0. The van der Waals surface area contributed by atoms with Gasteiger partial charge in [-0.15, -0.1) is 11.8 Å². The van der Waals surface area contributed by atoms with E-state index in [9.17, 15) is 14.9 Å². The lowest BCUT2D eigenvalue weighted by molar-refractivity contribution is -0.385. The number of nitrogens with zero attached hydrogens (tertiary/aromatic N) is 1. The van der Waals surface area contributed by atoms with Crippen LogP contribution < -0.4 is 0 Å². The number of non-ortho nitro benzene ring substituents is 1. The number of benzene rings is 1. The second kappa shape index (κ2) is 6.93. The Morgan fingerprint density at radius 1 is 1.61 bits per heavy atom. The molecule has 1 aromatic rings. The van der Waals surface area contributed by atoms with Gasteiger partial charge in [-0.05, 0) is 28.7 Å². The summed E-state index contributed by atoms with van der Waals surface area (Å²) in [5.74, 6) is 0.130. The molecule has 0 heterocycles. The van der Waals surface area contributed by atoms with Crippen LogP contribution in [0, 0.1) is 19.6 Å². The summed E-state index contributed by atoms with van der Waals surface area (Å²) in [5.41, 5.74) is 0.0739. The molecule has 0 aliphatic carbocycles. The number of nitro groups is 1. The minimum Gasteiger partial charge on any atom is -0.469 e. The van der Waals surface area contributed by atoms with E-state index in [0.29, 0.717) is 5.75 Å². The van der Waals surface area contributed by atoms with E-state index in [-0.39, 0.29) is 17.6 Å². The van der Waals surface area contributed by atoms with Gasteiger partial charge in [0, 0.05) is 26.4 Å². The summed E-state index contributed by atoms with van der Waals surface area (Å²) < 4.78 is 5.45. The second-order valence-corrected chi connectivity index (χ2v) is 5.83. The van der Waals surface area contributed by atoms with Gasteiger partial charge < -0.3 is 4.74 Å². The van der Waals surface area contributed by atoms with Crippen molar-refractivity contribution in [2.24, 2.45) is 5.92 Å². The van der Waals surface area contributed by atoms with Crippen LogP contribution in [0.25, 0.3) is 0 Å². The highest BCUT2D eigenvalue weighted by atomic mass is 127. The summed E-state index contributed by atoms with van der Waals surface area (Å²) in [6, 6.07) is 4.69. The van der Waals surface area contributed by atoms with E-state index in [0.717, 1.165) is 8.47 Å². The van der Waals surface area contributed by atoms with Crippen molar-refractivity contribution in [2.45, 2.75) is 11.8 Å². The number of ether oxygens (including phenoxy) is 1. The molecule has 0 spiro atoms. The van der Waals surface area contributed by atoms with Crippen LogP contribution in [0.1, 0.15) is 6.92 Å². The molecular formula is C11H12INO4S. The zero-order chi connectivity index (χ0) is 13.7. The van der Waals surface area contributed by atoms with Gasteiger partial charge in [-0.25, -0.2) is 0 Å². The number of nitro benzene ring substituents is 1. The molecule has 0 aliphatic rings. The third-order valence-corrected chi connectivity index (χ3v) is 4.81. The van der Waals surface area contributed by atoms with Gasteiger partial charge in [-0.1, -0.05) is 6.92 Å². The highest BCUT2D eigenvalue weighted by Crippen LogP contribution is 2.29. The SMILES string of the molecule is COC(=O)C(C)CSc1ccc([N+](=O)[O-])cc1I. The van der Waals surface area contributed by atoms with Crippen molar-refractivity contribution in [3.8, 4) is 0 Å². The first-order chi connectivity index (χ1) is 8.45. The molecule has 0 amide bonds. The number of hydrogen-bond donors (Lipinski definition) is 0. The summed E-state index contributed by atoms with van der Waals surface area (Å²) in [6.45, 7) is 1.79. The number of rotatable bonds is 5. The summed E-state index contributed by atoms with van der Waals surface area (Å²) >= 11 is 3.54. The van der Waals surface area contributed by atoms with E-state index in [1.54, 1.807) is 13.0 Å². The number of hydrogen-bond acceptors (Lipinski definition) is 5. The molecule has 0 saturated carbocycles. The van der Waals surface area contributed by atoms with Crippen molar-refractivity contribution in [2.75, 3.05) is 12.9 Å². The lowest BCUT2D eigenvalue weighted by Gasteiger charge is -2.09. The Balaban J connectivity index is 2.69. The fourth-order valence-electron chi connectivity index (χ4n) is 1.20. The first-order valence-electron chi connectivity index (χ1n) is 5.10. The Labute approximate surface area is 123 Å². The summed E-state index contributed by atoms with van der Waals surface area (Å²) in [4.78, 5) is 22.3. The van der Waals surface area contributed by atoms with E-state index < -0.39 is 4.92 Å². The van der Waals surface area contributed by atoms with Gasteiger partial charge in [-0.2, -0.15) is 0 Å². The molecule has 5 nitrogen and oxygen atoms in total. The van der Waals surface area contributed by atoms with Crippen LogP contribution in [0.3, 0.4) is 0 Å². The van der Waals surface area contributed by atoms with Gasteiger partial charge in [0.05, 0.1) is 18.0 Å². The Bertz CT molecular complexity index is 466. The number of carbonyl (C=O) groups excluding carboxylic acids is 1. The number of methoxy groups -OCH3 is 1. The maximum atomic E-state index is 11.2. The molecule has 0 radical (unpaired) electrons. The lowest BCUT2D eigenvalue weighted by atomic mass is 10.2. The molecule has 0 fully saturated rings. The van der Waals surface area contributed by atoms with Crippen molar-refractivity contribution < 1.29 is 14.5 Å². The molecule has 1 unspecified atom stereocenters. The van der Waals surface area contributed by atoms with Crippen LogP contribution in [-0.2, 0) is 9.53 Å². The number of esters is 1. The fourth-order valence-corrected chi connectivity index (χ4v) is 3.10. The Morgan fingerprint density at radius 3 is 2.78 bits per heavy atom. The van der Waals surface area contributed by atoms with Gasteiger partial charge in [0.1, 0.15) is 0 Å². The highest BCUT2D eigenvalue weighted by molar-refractivity contribution is 14.1. The molecule has 98 valence electrons. The molecule has 0 aromatic heterocycles. The fraction of sp³-hybridized carbons (Fsp3) is 0.364. The van der Waals surface area contributed by atoms with E-state index in [1.807, 2.05) is 0 Å². The largest absolute Gasteiger partial charge is 0.469 e. The first-order valence-corrected chi connectivity index (χ1v) is 7.16. The molecule has 0 bridgehead atoms. The topological polar surface area (TPSA) is 69.4 Å². The lowest BCUT2D eigenvalue weighted by Crippen LogP contribution is -2.14. The molecular weight excluding hydrogens is 369 g/mol. The Kier molecular flexibility index (Phi) is 5.86. The van der Waals surface area contributed by atoms with Crippen molar-refractivity contribution in [1.29, 1.82) is 0 Å². The summed E-state index contributed by atoms with van der Waals surface area (Å²) in [5, 5.41) is 10.6. The van der Waals surface area contributed by atoms with Crippen molar-refractivity contribution in [3.05, 3.63) is 31.9 Å². The maximum Gasteiger partial charge on any atom is 0.309 e. The maximum absolute atomic E-state index is 11.2. The molecule has 0 N–H and O–H groups in total. The number of carbonyl (C=O) groups is 1. The van der Waals surface area contributed by atoms with E-state index in [1.165, 1.54) is 31.0 Å². The van der Waals surface area contributed by atoms with Gasteiger partial charge in [0.25, 0.3) is 5.69 Å². The zero-order valence-corrected chi connectivity index (χ0v) is 12.9. The molecule has 1 rings (SSSR count). The van der Waals surface area contributed by atoms with Crippen molar-refractivity contribution in [1.82, 2.24) is 0 Å². The quantitative estimate of drug-likeness (QED) is 0.258. The molecule has 18 heavy (non-hydrogen) atoms. The standard InChI is InChI=1S/C11H12INO4S/c1-7(11(14)17-2)6-18-10-4-3-8(13(15)16)5-9(10)12/h3-5,7H,6H2,1-2H3. The van der Waals surface area contributed by atoms with E-state index in [4.69, 9.17) is 0 Å². The summed E-state index contributed by atoms with van der Waals surface area (Å²) in [7, 11) is 1.36. The number of halogens is 1. The third kappa shape index (κ3) is 4.13. The van der Waals surface area contributed by atoms with Gasteiger partial charge in [-0.3, -0.25) is 14.9 Å². The van der Waals surface area contributed by atoms with Crippen LogP contribution >= 0.6 is 34.4 Å². The normalized spacial score (nSPS) is 11.9. The van der Waals surface area contributed by atoms with Gasteiger partial charge in [0.15, 0.2) is 0 Å². The molecule has 1 atom stereocenters. The predicted octanol–water partition coefficient (Wildman–Crippen LogP) is 3.10.